The molecular formula is C16H34N2O2Si. The fourth-order valence-corrected chi connectivity index (χ4v) is 4.61. The van der Waals surface area contributed by atoms with E-state index in [1.807, 2.05) is 25.7 Å². The molecule has 1 rings (SSSR count). The van der Waals surface area contributed by atoms with Gasteiger partial charge in [-0.15, -0.1) is 0 Å². The van der Waals surface area contributed by atoms with Crippen LogP contribution in [0.2, 0.25) is 19.6 Å². The number of hydrogen-bond donors (Lipinski definition) is 0. The molecule has 4 nitrogen and oxygen atoms in total. The van der Waals surface area contributed by atoms with E-state index in [4.69, 9.17) is 4.74 Å². The second kappa shape index (κ2) is 5.92. The lowest BCUT2D eigenvalue weighted by Crippen LogP contribution is -2.66. The molecule has 1 fully saturated rings. The van der Waals surface area contributed by atoms with Crippen molar-refractivity contribution in [1.29, 1.82) is 0 Å². The van der Waals surface area contributed by atoms with Crippen LogP contribution in [-0.2, 0) is 4.74 Å². The second-order valence-corrected chi connectivity index (χ2v) is 14.6. The molecule has 0 aliphatic carbocycles. The fourth-order valence-electron chi connectivity index (χ4n) is 2.67. The Morgan fingerprint density at radius 3 is 1.95 bits per heavy atom. The van der Waals surface area contributed by atoms with Crippen molar-refractivity contribution in [2.24, 2.45) is 0 Å². The molecule has 0 saturated carbocycles. The number of nitrogens with zero attached hydrogens (tertiary/aromatic N) is 2. The molecule has 0 aromatic carbocycles. The Bertz CT molecular complexity index is 377. The first kappa shape index (κ1) is 18.5. The Balaban J connectivity index is 2.92. The molecule has 21 heavy (non-hydrogen) atoms. The maximum absolute atomic E-state index is 12.5. The first-order valence-electron chi connectivity index (χ1n) is 7.96. The van der Waals surface area contributed by atoms with Gasteiger partial charge in [0.1, 0.15) is 5.60 Å². The lowest BCUT2D eigenvalue weighted by molar-refractivity contribution is -0.00400. The Labute approximate surface area is 131 Å². The third-order valence-corrected chi connectivity index (χ3v) is 6.45. The number of carbonyl (C=O) groups excluding carboxylic acids is 1. The maximum Gasteiger partial charge on any atom is 0.410 e. The molecule has 124 valence electrons. The van der Waals surface area contributed by atoms with Gasteiger partial charge in [0.05, 0.1) is 8.07 Å². The van der Waals surface area contributed by atoms with Crippen LogP contribution < -0.4 is 0 Å². The zero-order chi connectivity index (χ0) is 16.6. The molecule has 0 spiro atoms. The molecule has 1 atom stereocenters. The molecule has 0 bridgehead atoms. The summed E-state index contributed by atoms with van der Waals surface area (Å²) in [6.07, 6.45) is -0.150. The van der Waals surface area contributed by atoms with E-state index >= 15 is 0 Å². The standard InChI is InChI=1S/C16H34N2O2Si/c1-15(2,3)17-10-11-18(13(12-17)21(7,8)9)14(19)20-16(4,5)6/h13H,10-12H2,1-9H3/t13-/m0/s1. The van der Waals surface area contributed by atoms with Gasteiger partial charge in [0.25, 0.3) is 0 Å². The van der Waals surface area contributed by atoms with Crippen LogP contribution in [0, 0.1) is 0 Å². The van der Waals surface area contributed by atoms with Gasteiger partial charge >= 0.3 is 6.09 Å². The predicted octanol–water partition coefficient (Wildman–Crippen LogP) is 3.58. The molecule has 1 heterocycles. The fraction of sp³-hybridized carbons (Fsp3) is 0.938. The quantitative estimate of drug-likeness (QED) is 0.694. The number of rotatable bonds is 1. The summed E-state index contributed by atoms with van der Waals surface area (Å²) in [5.74, 6) is 0. The van der Waals surface area contributed by atoms with E-state index in [1.54, 1.807) is 0 Å². The van der Waals surface area contributed by atoms with Gasteiger partial charge < -0.3 is 9.64 Å². The summed E-state index contributed by atoms with van der Waals surface area (Å²) in [6.45, 7) is 22.2. The molecule has 1 aliphatic rings. The van der Waals surface area contributed by atoms with Crippen molar-refractivity contribution in [3.05, 3.63) is 0 Å². The van der Waals surface area contributed by atoms with Crippen LogP contribution in [0.4, 0.5) is 4.79 Å². The van der Waals surface area contributed by atoms with Crippen LogP contribution in [0.1, 0.15) is 41.5 Å². The van der Waals surface area contributed by atoms with Crippen molar-refractivity contribution in [3.8, 4) is 0 Å². The highest BCUT2D eigenvalue weighted by Gasteiger charge is 2.42. The second-order valence-electron chi connectivity index (χ2n) is 9.17. The van der Waals surface area contributed by atoms with Crippen molar-refractivity contribution in [3.63, 3.8) is 0 Å². The predicted molar refractivity (Wildman–Crippen MR) is 91.4 cm³/mol. The molecular weight excluding hydrogens is 280 g/mol. The normalized spacial score (nSPS) is 22.3. The van der Waals surface area contributed by atoms with Crippen LogP contribution in [0.15, 0.2) is 0 Å². The van der Waals surface area contributed by atoms with E-state index in [0.29, 0.717) is 5.67 Å². The molecule has 1 amide bonds. The minimum absolute atomic E-state index is 0.150. The SMILES string of the molecule is CC(C)(C)OC(=O)N1CCN(C(C)(C)C)C[C@@H]1[Si](C)(C)C. The topological polar surface area (TPSA) is 32.8 Å². The van der Waals surface area contributed by atoms with Crippen molar-refractivity contribution < 1.29 is 9.53 Å². The third kappa shape index (κ3) is 5.29. The first-order valence-corrected chi connectivity index (χ1v) is 11.5. The van der Waals surface area contributed by atoms with Crippen molar-refractivity contribution in [2.75, 3.05) is 19.6 Å². The van der Waals surface area contributed by atoms with Crippen molar-refractivity contribution >= 4 is 14.2 Å². The van der Waals surface area contributed by atoms with Crippen LogP contribution >= 0.6 is 0 Å². The highest BCUT2D eigenvalue weighted by molar-refractivity contribution is 6.77. The molecule has 0 N–H and O–H groups in total. The molecule has 0 unspecified atom stereocenters. The minimum Gasteiger partial charge on any atom is -0.444 e. The highest BCUT2D eigenvalue weighted by Crippen LogP contribution is 2.26. The van der Waals surface area contributed by atoms with Gasteiger partial charge in [-0.3, -0.25) is 4.90 Å². The molecule has 0 radical (unpaired) electrons. The Morgan fingerprint density at radius 1 is 1.05 bits per heavy atom. The number of piperazine rings is 1. The van der Waals surface area contributed by atoms with Gasteiger partial charge in [-0.25, -0.2) is 4.79 Å². The smallest absolute Gasteiger partial charge is 0.410 e. The van der Waals surface area contributed by atoms with E-state index in [0.717, 1.165) is 19.6 Å². The molecule has 0 aromatic heterocycles. The maximum atomic E-state index is 12.5. The van der Waals surface area contributed by atoms with Crippen molar-refractivity contribution in [2.45, 2.75) is 78.0 Å². The van der Waals surface area contributed by atoms with Gasteiger partial charge in [0.15, 0.2) is 0 Å². The van der Waals surface area contributed by atoms with E-state index in [1.165, 1.54) is 0 Å². The highest BCUT2D eigenvalue weighted by atomic mass is 28.3. The Hall–Kier alpha value is -0.553. The third-order valence-electron chi connectivity index (χ3n) is 3.96. The summed E-state index contributed by atoms with van der Waals surface area (Å²) < 4.78 is 5.61. The van der Waals surface area contributed by atoms with Crippen LogP contribution in [0.25, 0.3) is 0 Å². The zero-order valence-corrected chi connectivity index (χ0v) is 16.4. The number of amides is 1. The number of hydrogen-bond acceptors (Lipinski definition) is 3. The molecule has 5 heteroatoms. The van der Waals surface area contributed by atoms with Gasteiger partial charge in [0, 0.05) is 30.8 Å². The summed E-state index contributed by atoms with van der Waals surface area (Å²) in [6, 6.07) is 0. The van der Waals surface area contributed by atoms with E-state index in [9.17, 15) is 4.79 Å². The Kier molecular flexibility index (Phi) is 5.21. The molecule has 1 saturated heterocycles. The summed E-state index contributed by atoms with van der Waals surface area (Å²) in [4.78, 5) is 17.0. The Morgan fingerprint density at radius 2 is 1.57 bits per heavy atom. The van der Waals surface area contributed by atoms with E-state index in [2.05, 4.69) is 45.3 Å². The molecule has 0 aromatic rings. The number of carbonyl (C=O) groups is 1. The van der Waals surface area contributed by atoms with E-state index in [-0.39, 0.29) is 11.6 Å². The van der Waals surface area contributed by atoms with Gasteiger partial charge in [0.2, 0.25) is 0 Å². The lowest BCUT2D eigenvalue weighted by atomic mass is 10.1. The molecule has 1 aliphatic heterocycles. The van der Waals surface area contributed by atoms with Crippen molar-refractivity contribution in [1.82, 2.24) is 9.80 Å². The monoisotopic (exact) mass is 314 g/mol. The first-order chi connectivity index (χ1) is 9.22. The summed E-state index contributed by atoms with van der Waals surface area (Å²) >= 11 is 0. The van der Waals surface area contributed by atoms with Gasteiger partial charge in [-0.1, -0.05) is 19.6 Å². The van der Waals surface area contributed by atoms with E-state index < -0.39 is 13.7 Å². The van der Waals surface area contributed by atoms with Crippen LogP contribution in [0.5, 0.6) is 0 Å². The summed E-state index contributed by atoms with van der Waals surface area (Å²) in [5, 5.41) is 0. The average Bonchev–Trinajstić information content (AvgIpc) is 2.23. The van der Waals surface area contributed by atoms with Gasteiger partial charge in [-0.2, -0.15) is 0 Å². The number of ether oxygens (including phenoxy) is 1. The lowest BCUT2D eigenvalue weighted by Gasteiger charge is -2.50. The summed E-state index contributed by atoms with van der Waals surface area (Å²) in [5.41, 5.74) is 0.0282. The average molecular weight is 315 g/mol. The van der Waals surface area contributed by atoms with Crippen LogP contribution in [0.3, 0.4) is 0 Å². The van der Waals surface area contributed by atoms with Gasteiger partial charge in [-0.05, 0) is 41.5 Å². The van der Waals surface area contributed by atoms with Crippen LogP contribution in [-0.4, -0.2) is 60.4 Å². The zero-order valence-electron chi connectivity index (χ0n) is 15.4. The summed E-state index contributed by atoms with van der Waals surface area (Å²) in [7, 11) is -1.49. The largest absolute Gasteiger partial charge is 0.444 e. The minimum atomic E-state index is -1.49.